The van der Waals surface area contributed by atoms with Crippen LogP contribution in [0.5, 0.6) is 0 Å². The Bertz CT molecular complexity index is 1060. The third-order valence-corrected chi connectivity index (χ3v) is 11.2. The van der Waals surface area contributed by atoms with Gasteiger partial charge < -0.3 is 29.4 Å². The molecule has 3 aliphatic rings. The minimum absolute atomic E-state index is 0.0115. The molecule has 0 saturated heterocycles. The topological polar surface area (TPSA) is 94.1 Å². The van der Waals surface area contributed by atoms with Crippen molar-refractivity contribution in [1.82, 2.24) is 5.32 Å². The highest BCUT2D eigenvalue weighted by Crippen LogP contribution is 2.60. The van der Waals surface area contributed by atoms with E-state index in [1.165, 1.54) is 49.7 Å². The van der Waals surface area contributed by atoms with Crippen molar-refractivity contribution in [2.75, 3.05) is 26.4 Å². The fourth-order valence-corrected chi connectivity index (χ4v) is 8.46. The van der Waals surface area contributed by atoms with Crippen LogP contribution >= 0.6 is 0 Å². The molecule has 0 aromatic rings. The number of carbonyl (C=O) groups excluding carboxylic acids is 2. The Balaban J connectivity index is 1.39. The van der Waals surface area contributed by atoms with Crippen LogP contribution in [0.25, 0.3) is 0 Å². The maximum atomic E-state index is 12.3. The van der Waals surface area contributed by atoms with E-state index in [0.29, 0.717) is 49.9 Å². The van der Waals surface area contributed by atoms with Crippen molar-refractivity contribution in [1.29, 1.82) is 0 Å². The van der Waals surface area contributed by atoms with Gasteiger partial charge in [-0.3, -0.25) is 4.79 Å². The Hall–Kier alpha value is -1.80. The molecule has 7 heteroatoms. The third kappa shape index (κ3) is 13.2. The fourth-order valence-electron chi connectivity index (χ4n) is 8.46. The van der Waals surface area contributed by atoms with Gasteiger partial charge in [0.15, 0.2) is 0 Å². The maximum absolute atomic E-state index is 12.3. The van der Waals surface area contributed by atoms with E-state index in [1.54, 1.807) is 5.57 Å². The molecule has 268 valence electrons. The number of allylic oxidation sites excluding steroid dienone is 4. The SMILES string of the molecule is C=C1CC[C@H](OCCCNC(=O)CC(C)OCCC(C)OCC=O)C/C1=C/C=C1\CCC[C@@]2(C)C1CC[C@@H]2[C@H](C)CCCC(C)(C)O. The molecule has 0 aromatic heterocycles. The van der Waals surface area contributed by atoms with E-state index in [1.807, 2.05) is 27.7 Å². The van der Waals surface area contributed by atoms with Crippen LogP contribution in [0.15, 0.2) is 35.5 Å². The van der Waals surface area contributed by atoms with Crippen molar-refractivity contribution in [2.45, 2.75) is 155 Å². The van der Waals surface area contributed by atoms with Gasteiger partial charge in [-0.25, -0.2) is 0 Å². The number of rotatable bonds is 20. The highest BCUT2D eigenvalue weighted by Gasteiger charge is 2.50. The Morgan fingerprint density at radius 3 is 2.60 bits per heavy atom. The van der Waals surface area contributed by atoms with Gasteiger partial charge in [-0.15, -0.1) is 0 Å². The van der Waals surface area contributed by atoms with Gasteiger partial charge in [-0.05, 0) is 127 Å². The molecule has 7 atom stereocenters. The number of nitrogens with one attached hydrogen (secondary N) is 1. The minimum Gasteiger partial charge on any atom is -0.390 e. The summed E-state index contributed by atoms with van der Waals surface area (Å²) in [4.78, 5) is 22.7. The summed E-state index contributed by atoms with van der Waals surface area (Å²) < 4.78 is 17.3. The molecule has 2 N–H and O–H groups in total. The number of aliphatic hydroxyl groups is 1. The lowest BCUT2D eigenvalue weighted by atomic mass is 9.60. The first-order valence-corrected chi connectivity index (χ1v) is 18.7. The molecule has 3 aliphatic carbocycles. The summed E-state index contributed by atoms with van der Waals surface area (Å²) >= 11 is 0. The molecule has 3 fully saturated rings. The van der Waals surface area contributed by atoms with Gasteiger partial charge >= 0.3 is 0 Å². The molecule has 0 heterocycles. The molecule has 47 heavy (non-hydrogen) atoms. The van der Waals surface area contributed by atoms with E-state index in [4.69, 9.17) is 14.2 Å². The second-order valence-electron chi connectivity index (χ2n) is 15.7. The van der Waals surface area contributed by atoms with Crippen molar-refractivity contribution < 1.29 is 28.9 Å². The Morgan fingerprint density at radius 1 is 1.06 bits per heavy atom. The smallest absolute Gasteiger partial charge is 0.222 e. The van der Waals surface area contributed by atoms with Gasteiger partial charge in [-0.2, -0.15) is 0 Å². The van der Waals surface area contributed by atoms with Gasteiger partial charge in [-0.1, -0.05) is 56.6 Å². The first-order valence-electron chi connectivity index (χ1n) is 18.7. The van der Waals surface area contributed by atoms with Gasteiger partial charge in [0.2, 0.25) is 5.91 Å². The van der Waals surface area contributed by atoms with E-state index in [9.17, 15) is 14.7 Å². The summed E-state index contributed by atoms with van der Waals surface area (Å²) in [7, 11) is 0. The number of carbonyl (C=O) groups is 2. The van der Waals surface area contributed by atoms with Crippen LogP contribution in [0, 0.1) is 23.2 Å². The number of ether oxygens (including phenoxy) is 3. The largest absolute Gasteiger partial charge is 0.390 e. The summed E-state index contributed by atoms with van der Waals surface area (Å²) in [5, 5.41) is 13.2. The fraction of sp³-hybridized carbons (Fsp3) is 0.800. The first-order chi connectivity index (χ1) is 22.3. The van der Waals surface area contributed by atoms with Crippen LogP contribution in [0.2, 0.25) is 0 Å². The number of hydrogen-bond acceptors (Lipinski definition) is 6. The van der Waals surface area contributed by atoms with Crippen LogP contribution in [0.3, 0.4) is 0 Å². The predicted molar refractivity (Wildman–Crippen MR) is 190 cm³/mol. The Kier molecular flexibility index (Phi) is 16.4. The average molecular weight is 658 g/mol. The molecule has 0 bridgehead atoms. The summed E-state index contributed by atoms with van der Waals surface area (Å²) in [6.07, 6.45) is 19.9. The van der Waals surface area contributed by atoms with Crippen LogP contribution < -0.4 is 5.32 Å². The van der Waals surface area contributed by atoms with Crippen molar-refractivity contribution in [3.63, 3.8) is 0 Å². The number of amides is 1. The van der Waals surface area contributed by atoms with Gasteiger partial charge in [0.1, 0.15) is 12.9 Å². The van der Waals surface area contributed by atoms with Crippen LogP contribution in [0.4, 0.5) is 0 Å². The minimum atomic E-state index is -0.563. The zero-order valence-electron chi connectivity index (χ0n) is 30.6. The van der Waals surface area contributed by atoms with E-state index in [-0.39, 0.29) is 30.8 Å². The molecular weight excluding hydrogens is 590 g/mol. The lowest BCUT2D eigenvalue weighted by Crippen LogP contribution is -2.36. The van der Waals surface area contributed by atoms with Crippen LogP contribution in [-0.2, 0) is 23.8 Å². The summed E-state index contributed by atoms with van der Waals surface area (Å²) in [6.45, 7) is 18.9. The number of aldehydes is 1. The highest BCUT2D eigenvalue weighted by atomic mass is 16.5. The van der Waals surface area contributed by atoms with Crippen LogP contribution in [0.1, 0.15) is 131 Å². The molecule has 3 saturated carbocycles. The van der Waals surface area contributed by atoms with Crippen molar-refractivity contribution in [2.24, 2.45) is 23.2 Å². The lowest BCUT2D eigenvalue weighted by molar-refractivity contribution is -0.124. The van der Waals surface area contributed by atoms with Crippen molar-refractivity contribution >= 4 is 12.2 Å². The van der Waals surface area contributed by atoms with E-state index in [0.717, 1.165) is 50.7 Å². The van der Waals surface area contributed by atoms with E-state index < -0.39 is 5.60 Å². The van der Waals surface area contributed by atoms with Crippen LogP contribution in [-0.4, -0.2) is 67.6 Å². The summed E-state index contributed by atoms with van der Waals surface area (Å²) in [6, 6.07) is 0. The molecular formula is C40H67NO6. The monoisotopic (exact) mass is 657 g/mol. The Morgan fingerprint density at radius 2 is 1.85 bits per heavy atom. The van der Waals surface area contributed by atoms with E-state index in [2.05, 4.69) is 37.9 Å². The quantitative estimate of drug-likeness (QED) is 0.102. The zero-order valence-corrected chi connectivity index (χ0v) is 30.6. The van der Waals surface area contributed by atoms with E-state index >= 15 is 0 Å². The predicted octanol–water partition coefficient (Wildman–Crippen LogP) is 8.05. The maximum Gasteiger partial charge on any atom is 0.222 e. The first kappa shape index (κ1) is 39.6. The van der Waals surface area contributed by atoms with Gasteiger partial charge in [0.25, 0.3) is 0 Å². The number of fused-ring (bicyclic) bond motifs is 1. The highest BCUT2D eigenvalue weighted by molar-refractivity contribution is 5.76. The second-order valence-corrected chi connectivity index (χ2v) is 15.7. The third-order valence-electron chi connectivity index (χ3n) is 11.2. The molecule has 3 rings (SSSR count). The molecule has 0 aliphatic heterocycles. The normalized spacial score (nSPS) is 28.7. The zero-order chi connectivity index (χ0) is 34.5. The van der Waals surface area contributed by atoms with Gasteiger partial charge in [0.05, 0.1) is 30.3 Å². The molecule has 0 spiro atoms. The Labute approximate surface area is 286 Å². The molecule has 7 nitrogen and oxygen atoms in total. The summed E-state index contributed by atoms with van der Waals surface area (Å²) in [5.74, 6) is 2.14. The molecule has 0 aromatic carbocycles. The van der Waals surface area contributed by atoms with Gasteiger partial charge in [0, 0.05) is 19.8 Å². The number of hydrogen-bond donors (Lipinski definition) is 2. The second kappa shape index (κ2) is 19.4. The average Bonchev–Trinajstić information content (AvgIpc) is 3.36. The lowest BCUT2D eigenvalue weighted by Gasteiger charge is -2.44. The molecule has 0 radical (unpaired) electrons. The standard InChI is InChI=1S/C40H67NO6/c1-29-13-16-35(47-24-10-22-41-38(43)27-32(4)45-25-19-31(3)46-26-23-42)28-34(29)15-14-33-12-9-21-40(7)36(17-18-37(33)40)30(2)11-8-20-39(5,6)44/h14-15,23,30-32,35-37,44H,1,8-13,16-22,24-28H2,2-7H3,(H,41,43)/b33-14+,34-15-/t30-,31?,32?,35+,36-,37?,40-/m1/s1. The molecule has 3 unspecified atom stereocenters. The molecule has 1 amide bonds. The van der Waals surface area contributed by atoms with Crippen molar-refractivity contribution in [3.05, 3.63) is 35.5 Å². The van der Waals surface area contributed by atoms with Crippen molar-refractivity contribution in [3.8, 4) is 0 Å². The summed E-state index contributed by atoms with van der Waals surface area (Å²) in [5.41, 5.74) is 4.05.